The highest BCUT2D eigenvalue weighted by Gasteiger charge is 2.21. The number of nitrogens with two attached hydrogens (primary N) is 1. The quantitative estimate of drug-likeness (QED) is 0.891. The Morgan fingerprint density at radius 3 is 2.47 bits per heavy atom. The van der Waals surface area contributed by atoms with E-state index in [9.17, 15) is 0 Å². The molecule has 0 saturated carbocycles. The molecular weight excluding hydrogens is 228 g/mol. The van der Waals surface area contributed by atoms with Crippen LogP contribution in [0.5, 0.6) is 0 Å². The van der Waals surface area contributed by atoms with Gasteiger partial charge in [0, 0.05) is 16.3 Å². The maximum atomic E-state index is 6.00. The van der Waals surface area contributed by atoms with Crippen molar-refractivity contribution in [2.24, 2.45) is 5.73 Å². The van der Waals surface area contributed by atoms with Crippen LogP contribution in [0.4, 0.5) is 0 Å². The van der Waals surface area contributed by atoms with Gasteiger partial charge in [0.05, 0.1) is 6.04 Å². The van der Waals surface area contributed by atoms with Gasteiger partial charge in [-0.15, -0.1) is 11.3 Å². The summed E-state index contributed by atoms with van der Waals surface area (Å²) in [6.07, 6.45) is 6.59. The predicted molar refractivity (Wildman–Crippen MR) is 75.5 cm³/mol. The van der Waals surface area contributed by atoms with Gasteiger partial charge in [-0.1, -0.05) is 19.8 Å². The van der Waals surface area contributed by atoms with Crippen molar-refractivity contribution in [3.05, 3.63) is 21.9 Å². The Labute approximate surface area is 109 Å². The lowest BCUT2D eigenvalue weighted by Gasteiger charge is -2.28. The number of thiophene rings is 1. The van der Waals surface area contributed by atoms with Gasteiger partial charge in [-0.2, -0.15) is 0 Å². The lowest BCUT2D eigenvalue weighted by Crippen LogP contribution is -2.34. The SMILES string of the molecule is CCc1ccc(C(CN)N2CCCCCC2)s1. The summed E-state index contributed by atoms with van der Waals surface area (Å²) >= 11 is 1.94. The molecule has 1 unspecified atom stereocenters. The third-order valence-electron chi connectivity index (χ3n) is 3.66. The van der Waals surface area contributed by atoms with Crippen LogP contribution in [0, 0.1) is 0 Å². The zero-order valence-corrected chi connectivity index (χ0v) is 11.6. The second kappa shape index (κ2) is 6.53. The summed E-state index contributed by atoms with van der Waals surface area (Å²) in [5, 5.41) is 0. The zero-order valence-electron chi connectivity index (χ0n) is 10.8. The predicted octanol–water partition coefficient (Wildman–Crippen LogP) is 3.19. The molecule has 2 N–H and O–H groups in total. The first-order valence-electron chi connectivity index (χ1n) is 6.88. The summed E-state index contributed by atoms with van der Waals surface area (Å²) in [6.45, 7) is 5.42. The van der Waals surface area contributed by atoms with Crippen LogP contribution in [0.1, 0.15) is 48.4 Å². The van der Waals surface area contributed by atoms with E-state index in [1.165, 1.54) is 48.5 Å². The molecule has 0 spiro atoms. The van der Waals surface area contributed by atoms with Gasteiger partial charge in [-0.25, -0.2) is 0 Å². The summed E-state index contributed by atoms with van der Waals surface area (Å²) in [7, 11) is 0. The van der Waals surface area contributed by atoms with E-state index < -0.39 is 0 Å². The minimum absolute atomic E-state index is 0.457. The molecule has 17 heavy (non-hydrogen) atoms. The van der Waals surface area contributed by atoms with E-state index in [1.54, 1.807) is 0 Å². The maximum Gasteiger partial charge on any atom is 0.0564 e. The largest absolute Gasteiger partial charge is 0.329 e. The fourth-order valence-electron chi connectivity index (χ4n) is 2.62. The molecule has 0 bridgehead atoms. The summed E-state index contributed by atoms with van der Waals surface area (Å²) in [5.41, 5.74) is 6.00. The van der Waals surface area contributed by atoms with E-state index in [0.29, 0.717) is 6.04 Å². The van der Waals surface area contributed by atoms with Gasteiger partial charge in [-0.3, -0.25) is 4.90 Å². The molecule has 96 valence electrons. The molecule has 1 aromatic heterocycles. The van der Waals surface area contributed by atoms with Gasteiger partial charge in [0.25, 0.3) is 0 Å². The van der Waals surface area contributed by atoms with Gasteiger partial charge in [-0.05, 0) is 44.5 Å². The van der Waals surface area contributed by atoms with E-state index >= 15 is 0 Å². The molecule has 0 radical (unpaired) electrons. The Kier molecular flexibility index (Phi) is 5.01. The second-order valence-electron chi connectivity index (χ2n) is 4.86. The molecule has 1 aromatic rings. The minimum atomic E-state index is 0.457. The molecule has 0 amide bonds. The van der Waals surface area contributed by atoms with Crippen LogP contribution in [-0.4, -0.2) is 24.5 Å². The summed E-state index contributed by atoms with van der Waals surface area (Å²) in [6, 6.07) is 5.00. The van der Waals surface area contributed by atoms with Crippen LogP contribution < -0.4 is 5.73 Å². The smallest absolute Gasteiger partial charge is 0.0564 e. The van der Waals surface area contributed by atoms with E-state index in [0.717, 1.165) is 13.0 Å². The standard InChI is InChI=1S/C14H24N2S/c1-2-12-7-8-14(17-12)13(11-15)16-9-5-3-4-6-10-16/h7-8,13H,2-6,9-11,15H2,1H3. The number of nitrogens with zero attached hydrogens (tertiary/aromatic N) is 1. The third kappa shape index (κ3) is 3.30. The Hall–Kier alpha value is -0.380. The normalized spacial score (nSPS) is 20.1. The second-order valence-corrected chi connectivity index (χ2v) is 6.06. The molecule has 2 rings (SSSR count). The van der Waals surface area contributed by atoms with Crippen molar-refractivity contribution < 1.29 is 0 Å². The number of likely N-dealkylation sites (tertiary alicyclic amines) is 1. The van der Waals surface area contributed by atoms with Crippen LogP contribution in [0.25, 0.3) is 0 Å². The summed E-state index contributed by atoms with van der Waals surface area (Å²) < 4.78 is 0. The van der Waals surface area contributed by atoms with Gasteiger partial charge in [0.2, 0.25) is 0 Å². The van der Waals surface area contributed by atoms with Crippen molar-refractivity contribution in [3.8, 4) is 0 Å². The fraction of sp³-hybridized carbons (Fsp3) is 0.714. The van der Waals surface area contributed by atoms with Crippen LogP contribution in [0.3, 0.4) is 0 Å². The van der Waals surface area contributed by atoms with E-state index in [-0.39, 0.29) is 0 Å². The zero-order chi connectivity index (χ0) is 12.1. The van der Waals surface area contributed by atoms with Gasteiger partial charge >= 0.3 is 0 Å². The molecule has 2 nitrogen and oxygen atoms in total. The maximum absolute atomic E-state index is 6.00. The van der Waals surface area contributed by atoms with Crippen LogP contribution in [-0.2, 0) is 6.42 Å². The fourth-order valence-corrected chi connectivity index (χ4v) is 3.72. The Balaban J connectivity index is 2.08. The molecule has 1 atom stereocenters. The molecule has 3 heteroatoms. The third-order valence-corrected chi connectivity index (χ3v) is 4.99. The van der Waals surface area contributed by atoms with Crippen LogP contribution in [0.2, 0.25) is 0 Å². The molecule has 2 heterocycles. The Morgan fingerprint density at radius 1 is 1.24 bits per heavy atom. The number of aryl methyl sites for hydroxylation is 1. The molecule has 0 aromatic carbocycles. The van der Waals surface area contributed by atoms with Crippen LogP contribution >= 0.6 is 11.3 Å². The molecule has 1 aliphatic heterocycles. The molecular formula is C14H24N2S. The first kappa shape index (κ1) is 13.1. The first-order valence-corrected chi connectivity index (χ1v) is 7.69. The summed E-state index contributed by atoms with van der Waals surface area (Å²) in [4.78, 5) is 5.54. The molecule has 1 fully saturated rings. The number of hydrogen-bond donors (Lipinski definition) is 1. The molecule has 1 saturated heterocycles. The van der Waals surface area contributed by atoms with Crippen molar-refractivity contribution in [1.82, 2.24) is 4.90 Å². The van der Waals surface area contributed by atoms with E-state index in [2.05, 4.69) is 24.0 Å². The van der Waals surface area contributed by atoms with E-state index in [4.69, 9.17) is 5.73 Å². The Bertz CT molecular complexity index is 327. The first-order chi connectivity index (χ1) is 8.35. The lowest BCUT2D eigenvalue weighted by molar-refractivity contribution is 0.212. The number of hydrogen-bond acceptors (Lipinski definition) is 3. The lowest BCUT2D eigenvalue weighted by atomic mass is 10.2. The average molecular weight is 252 g/mol. The van der Waals surface area contributed by atoms with Crippen LogP contribution in [0.15, 0.2) is 12.1 Å². The highest BCUT2D eigenvalue weighted by molar-refractivity contribution is 7.12. The molecule has 1 aliphatic rings. The highest BCUT2D eigenvalue weighted by atomic mass is 32.1. The van der Waals surface area contributed by atoms with Gasteiger partial charge < -0.3 is 5.73 Å². The monoisotopic (exact) mass is 252 g/mol. The van der Waals surface area contributed by atoms with Crippen molar-refractivity contribution in [2.45, 2.75) is 45.1 Å². The summed E-state index contributed by atoms with van der Waals surface area (Å²) in [5.74, 6) is 0. The van der Waals surface area contributed by atoms with Crippen molar-refractivity contribution in [3.63, 3.8) is 0 Å². The van der Waals surface area contributed by atoms with Crippen molar-refractivity contribution in [1.29, 1.82) is 0 Å². The topological polar surface area (TPSA) is 29.3 Å². The van der Waals surface area contributed by atoms with E-state index in [1.807, 2.05) is 11.3 Å². The average Bonchev–Trinajstić information content (AvgIpc) is 2.66. The van der Waals surface area contributed by atoms with Crippen molar-refractivity contribution >= 4 is 11.3 Å². The van der Waals surface area contributed by atoms with Crippen molar-refractivity contribution in [2.75, 3.05) is 19.6 Å². The highest BCUT2D eigenvalue weighted by Crippen LogP contribution is 2.29. The van der Waals surface area contributed by atoms with Gasteiger partial charge in [0.1, 0.15) is 0 Å². The minimum Gasteiger partial charge on any atom is -0.329 e. The Morgan fingerprint density at radius 2 is 1.94 bits per heavy atom. The number of rotatable bonds is 4. The van der Waals surface area contributed by atoms with Gasteiger partial charge in [0.15, 0.2) is 0 Å². The molecule has 0 aliphatic carbocycles.